The molecule has 140 valence electrons. The van der Waals surface area contributed by atoms with Gasteiger partial charge in [0, 0.05) is 13.2 Å². The van der Waals surface area contributed by atoms with Gasteiger partial charge in [-0.05, 0) is 40.7 Å². The van der Waals surface area contributed by atoms with Crippen molar-refractivity contribution in [1.82, 2.24) is 10.3 Å². The largest absolute Gasteiger partial charge is 0.475 e. The number of amides is 2. The summed E-state index contributed by atoms with van der Waals surface area (Å²) in [6, 6.07) is 3.30. The van der Waals surface area contributed by atoms with Crippen molar-refractivity contribution >= 4 is 17.7 Å². The molecule has 1 aromatic heterocycles. The number of anilines is 1. The molecule has 0 fully saturated rings. The van der Waals surface area contributed by atoms with E-state index in [1.54, 1.807) is 53.9 Å². The molecular formula is C17H27N3O5. The minimum absolute atomic E-state index is 0.391. The lowest BCUT2D eigenvalue weighted by molar-refractivity contribution is -0.121. The molecule has 8 heteroatoms. The first kappa shape index (κ1) is 20.7. The Morgan fingerprint density at radius 1 is 1.12 bits per heavy atom. The van der Waals surface area contributed by atoms with Crippen molar-refractivity contribution in [3.63, 3.8) is 0 Å². The molecule has 0 radical (unpaired) electrons. The van der Waals surface area contributed by atoms with E-state index in [-0.39, 0.29) is 0 Å². The maximum Gasteiger partial charge on any atom is 0.408 e. The minimum Gasteiger partial charge on any atom is -0.475 e. The predicted octanol–water partition coefficient (Wildman–Crippen LogP) is 2.35. The summed E-state index contributed by atoms with van der Waals surface area (Å²) >= 11 is 0. The van der Waals surface area contributed by atoms with E-state index in [9.17, 15) is 9.59 Å². The zero-order chi connectivity index (χ0) is 19.1. The van der Waals surface area contributed by atoms with Crippen LogP contribution in [0.4, 0.5) is 10.5 Å². The number of nitrogens with one attached hydrogen (secondary N) is 2. The fourth-order valence-corrected chi connectivity index (χ4v) is 1.67. The Labute approximate surface area is 148 Å². The van der Waals surface area contributed by atoms with Crippen LogP contribution in [-0.2, 0) is 14.3 Å². The van der Waals surface area contributed by atoms with Gasteiger partial charge in [0.05, 0.1) is 18.5 Å². The highest BCUT2D eigenvalue weighted by atomic mass is 16.6. The van der Waals surface area contributed by atoms with Gasteiger partial charge in [0.1, 0.15) is 17.7 Å². The molecule has 1 aromatic rings. The van der Waals surface area contributed by atoms with Gasteiger partial charge < -0.3 is 24.8 Å². The summed E-state index contributed by atoms with van der Waals surface area (Å²) < 4.78 is 15.4. The number of alkyl carbamates (subject to hydrolysis) is 1. The van der Waals surface area contributed by atoms with Crippen molar-refractivity contribution in [1.29, 1.82) is 0 Å². The molecule has 2 amide bonds. The molecule has 0 aromatic carbocycles. The molecule has 25 heavy (non-hydrogen) atoms. The fourth-order valence-electron chi connectivity index (χ4n) is 1.67. The first-order valence-corrected chi connectivity index (χ1v) is 7.94. The van der Waals surface area contributed by atoms with E-state index >= 15 is 0 Å². The molecule has 0 bridgehead atoms. The second kappa shape index (κ2) is 8.66. The lowest BCUT2D eigenvalue weighted by Gasteiger charge is -2.27. The van der Waals surface area contributed by atoms with Crippen LogP contribution in [0.15, 0.2) is 18.3 Å². The maximum atomic E-state index is 12.4. The number of hydrogen-bond acceptors (Lipinski definition) is 6. The number of ether oxygens (including phenoxy) is 3. The topological polar surface area (TPSA) is 98.8 Å². The van der Waals surface area contributed by atoms with Crippen LogP contribution in [0, 0.1) is 0 Å². The zero-order valence-electron chi connectivity index (χ0n) is 15.6. The molecule has 2 N–H and O–H groups in total. The van der Waals surface area contributed by atoms with Gasteiger partial charge in [0.2, 0.25) is 11.8 Å². The average Bonchev–Trinajstić information content (AvgIpc) is 2.46. The second-order valence-corrected chi connectivity index (χ2v) is 6.93. The molecule has 0 spiro atoms. The van der Waals surface area contributed by atoms with Crippen LogP contribution in [0.25, 0.3) is 0 Å². The Morgan fingerprint density at radius 3 is 2.32 bits per heavy atom. The van der Waals surface area contributed by atoms with E-state index in [0.717, 1.165) is 0 Å². The zero-order valence-corrected chi connectivity index (χ0v) is 15.6. The summed E-state index contributed by atoms with van der Waals surface area (Å²) in [6.07, 6.45) is 0.816. The minimum atomic E-state index is -1.16. The highest BCUT2D eigenvalue weighted by molar-refractivity contribution is 5.99. The molecule has 8 nitrogen and oxygen atoms in total. The SMILES string of the molecule is COCCOc1ccc(NC(=O)C(C)(C)NC(=O)OC(C)(C)C)cn1. The third-order valence-corrected chi connectivity index (χ3v) is 2.91. The summed E-state index contributed by atoms with van der Waals surface area (Å²) in [5.41, 5.74) is -1.31. The van der Waals surface area contributed by atoms with Gasteiger partial charge in [0.15, 0.2) is 0 Å². The summed E-state index contributed by atoms with van der Waals surface area (Å²) in [7, 11) is 1.59. The van der Waals surface area contributed by atoms with Crippen LogP contribution in [-0.4, -0.2) is 48.4 Å². The molecule has 0 atom stereocenters. The predicted molar refractivity (Wildman–Crippen MR) is 93.7 cm³/mol. The monoisotopic (exact) mass is 353 g/mol. The number of aromatic nitrogens is 1. The van der Waals surface area contributed by atoms with Gasteiger partial charge in [-0.15, -0.1) is 0 Å². The van der Waals surface area contributed by atoms with Crippen molar-refractivity contribution in [2.45, 2.75) is 45.8 Å². The van der Waals surface area contributed by atoms with E-state index in [2.05, 4.69) is 15.6 Å². The summed E-state index contributed by atoms with van der Waals surface area (Å²) in [4.78, 5) is 28.3. The highest BCUT2D eigenvalue weighted by Gasteiger charge is 2.31. The van der Waals surface area contributed by atoms with E-state index in [1.807, 2.05) is 0 Å². The average molecular weight is 353 g/mol. The van der Waals surface area contributed by atoms with Crippen LogP contribution in [0.1, 0.15) is 34.6 Å². The standard InChI is InChI=1S/C17H27N3O5/c1-16(2,3)25-15(22)20-17(4,5)14(21)19-12-7-8-13(18-11-12)24-10-9-23-6/h7-8,11H,9-10H2,1-6H3,(H,19,21)(H,20,22). The summed E-state index contributed by atoms with van der Waals surface area (Å²) in [5, 5.41) is 5.24. The van der Waals surface area contributed by atoms with E-state index in [0.29, 0.717) is 24.8 Å². The van der Waals surface area contributed by atoms with Crippen molar-refractivity contribution in [3.05, 3.63) is 18.3 Å². The number of hydrogen-bond donors (Lipinski definition) is 2. The molecule has 1 heterocycles. The van der Waals surface area contributed by atoms with E-state index < -0.39 is 23.1 Å². The van der Waals surface area contributed by atoms with E-state index in [1.165, 1.54) is 6.20 Å². The number of carbonyl (C=O) groups is 2. The van der Waals surface area contributed by atoms with Gasteiger partial charge in [-0.2, -0.15) is 0 Å². The van der Waals surface area contributed by atoms with Crippen LogP contribution in [0.5, 0.6) is 5.88 Å². The lowest BCUT2D eigenvalue weighted by atomic mass is 10.0. The first-order valence-electron chi connectivity index (χ1n) is 7.94. The Balaban J connectivity index is 2.60. The maximum absolute atomic E-state index is 12.4. The molecule has 0 unspecified atom stereocenters. The van der Waals surface area contributed by atoms with Crippen LogP contribution >= 0.6 is 0 Å². The van der Waals surface area contributed by atoms with Crippen molar-refractivity contribution in [2.75, 3.05) is 25.6 Å². The van der Waals surface area contributed by atoms with Crippen LogP contribution < -0.4 is 15.4 Å². The van der Waals surface area contributed by atoms with Gasteiger partial charge in [-0.3, -0.25) is 4.79 Å². The van der Waals surface area contributed by atoms with Crippen LogP contribution in [0.3, 0.4) is 0 Å². The number of nitrogens with zero attached hydrogens (tertiary/aromatic N) is 1. The van der Waals surface area contributed by atoms with Crippen molar-refractivity contribution in [2.24, 2.45) is 0 Å². The summed E-state index contributed by atoms with van der Waals surface area (Å²) in [6.45, 7) is 9.28. The number of rotatable bonds is 7. The van der Waals surface area contributed by atoms with Crippen molar-refractivity contribution < 1.29 is 23.8 Å². The fraction of sp³-hybridized carbons (Fsp3) is 0.588. The lowest BCUT2D eigenvalue weighted by Crippen LogP contribution is -2.53. The van der Waals surface area contributed by atoms with Gasteiger partial charge in [0.25, 0.3) is 0 Å². The molecule has 0 saturated carbocycles. The third-order valence-electron chi connectivity index (χ3n) is 2.91. The molecule has 0 aliphatic heterocycles. The van der Waals surface area contributed by atoms with Gasteiger partial charge in [-0.25, -0.2) is 9.78 Å². The summed E-state index contributed by atoms with van der Waals surface area (Å²) in [5.74, 6) is 0.0365. The Hall–Kier alpha value is -2.35. The number of pyridine rings is 1. The number of methoxy groups -OCH3 is 1. The molecular weight excluding hydrogens is 326 g/mol. The Bertz CT molecular complexity index is 579. The third kappa shape index (κ3) is 7.84. The molecule has 0 aliphatic carbocycles. The molecule has 0 aliphatic rings. The molecule has 0 saturated heterocycles. The van der Waals surface area contributed by atoms with Crippen LogP contribution in [0.2, 0.25) is 0 Å². The normalized spacial score (nSPS) is 11.6. The van der Waals surface area contributed by atoms with Gasteiger partial charge in [-0.1, -0.05) is 0 Å². The van der Waals surface area contributed by atoms with E-state index in [4.69, 9.17) is 14.2 Å². The van der Waals surface area contributed by atoms with Crippen molar-refractivity contribution in [3.8, 4) is 5.88 Å². The number of carbonyl (C=O) groups excluding carboxylic acids is 2. The second-order valence-electron chi connectivity index (χ2n) is 6.93. The highest BCUT2D eigenvalue weighted by Crippen LogP contribution is 2.15. The Morgan fingerprint density at radius 2 is 1.80 bits per heavy atom. The first-order chi connectivity index (χ1) is 11.5. The quantitative estimate of drug-likeness (QED) is 0.730. The Kier molecular flexibility index (Phi) is 7.17. The molecule has 1 rings (SSSR count). The van der Waals surface area contributed by atoms with Gasteiger partial charge >= 0.3 is 6.09 Å². The smallest absolute Gasteiger partial charge is 0.408 e.